The number of aliphatic hydroxyl groups excluding tert-OH is 1. The van der Waals surface area contributed by atoms with Gasteiger partial charge in [-0.3, -0.25) is 4.79 Å². The van der Waals surface area contributed by atoms with E-state index < -0.39 is 30.1 Å². The average Bonchev–Trinajstić information content (AvgIpc) is 2.93. The van der Waals surface area contributed by atoms with Crippen molar-refractivity contribution in [2.24, 2.45) is 28.7 Å². The van der Waals surface area contributed by atoms with Crippen LogP contribution in [0.4, 0.5) is 4.79 Å². The van der Waals surface area contributed by atoms with E-state index in [0.717, 1.165) is 16.7 Å². The molecule has 0 aliphatic rings. The number of methoxy groups -OCH3 is 2. The number of ether oxygens (including phenoxy) is 3. The molecule has 4 N–H and O–H groups in total. The van der Waals surface area contributed by atoms with Crippen LogP contribution in [0.2, 0.25) is 0 Å². The maximum atomic E-state index is 13.1. The lowest BCUT2D eigenvalue weighted by Crippen LogP contribution is -2.46. The molecule has 0 aliphatic heterocycles. The molecule has 2 amide bonds. The van der Waals surface area contributed by atoms with Gasteiger partial charge in [0.2, 0.25) is 5.91 Å². The highest BCUT2D eigenvalue weighted by atomic mass is 16.5. The van der Waals surface area contributed by atoms with Crippen molar-refractivity contribution in [2.75, 3.05) is 27.4 Å². The van der Waals surface area contributed by atoms with Crippen LogP contribution in [-0.4, -0.2) is 71.7 Å². The summed E-state index contributed by atoms with van der Waals surface area (Å²) < 4.78 is 17.3. The van der Waals surface area contributed by atoms with E-state index in [1.807, 2.05) is 32.0 Å². The van der Waals surface area contributed by atoms with Crippen molar-refractivity contribution >= 4 is 12.0 Å². The molecule has 0 saturated carbocycles. The third-order valence-corrected chi connectivity index (χ3v) is 7.40. The number of aromatic nitrogens is 1. The second-order valence-corrected chi connectivity index (χ2v) is 11.2. The minimum Gasteiger partial charge on any atom is -0.493 e. The van der Waals surface area contributed by atoms with Gasteiger partial charge in [0, 0.05) is 38.4 Å². The smallest absolute Gasteiger partial charge is 0.404 e. The highest BCUT2D eigenvalue weighted by Gasteiger charge is 2.32. The van der Waals surface area contributed by atoms with Gasteiger partial charge >= 0.3 is 6.09 Å². The molecule has 0 unspecified atom stereocenters. The van der Waals surface area contributed by atoms with Gasteiger partial charge in [-0.25, -0.2) is 14.5 Å². The Labute approximate surface area is 248 Å². The molecule has 1 aromatic heterocycles. The number of benzene rings is 1. The highest BCUT2D eigenvalue weighted by molar-refractivity contribution is 5.79. The summed E-state index contributed by atoms with van der Waals surface area (Å²) >= 11 is 0. The number of aliphatic hydroxyl groups is 1. The highest BCUT2D eigenvalue weighted by Crippen LogP contribution is 2.32. The molecular formula is C31H47N3O8. The van der Waals surface area contributed by atoms with Gasteiger partial charge in [-0.05, 0) is 66.8 Å². The van der Waals surface area contributed by atoms with Crippen LogP contribution in [0.1, 0.15) is 52.5 Å². The molecule has 0 fully saturated rings. The van der Waals surface area contributed by atoms with Gasteiger partial charge in [0.15, 0.2) is 11.5 Å². The van der Waals surface area contributed by atoms with Crippen LogP contribution in [-0.2, 0) is 16.0 Å². The zero-order chi connectivity index (χ0) is 31.2. The lowest BCUT2D eigenvalue weighted by molar-refractivity contribution is -0.124. The quantitative estimate of drug-likeness (QED) is 0.159. The molecule has 0 saturated heterocycles. The van der Waals surface area contributed by atoms with Gasteiger partial charge in [-0.2, -0.15) is 0 Å². The van der Waals surface area contributed by atoms with E-state index >= 15 is 0 Å². The number of pyridine rings is 1. The molecule has 42 heavy (non-hydrogen) atoms. The predicted octanol–water partition coefficient (Wildman–Crippen LogP) is 4.14. The molecule has 11 heteroatoms. The third kappa shape index (κ3) is 11.4. The number of carbonyl (C=O) groups is 2. The summed E-state index contributed by atoms with van der Waals surface area (Å²) in [6, 6.07) is 7.97. The summed E-state index contributed by atoms with van der Waals surface area (Å²) in [5, 5.41) is 33.2. The standard InChI is InChI=1S/C31H47N3O8/c1-20(2)23(16-22-8-9-28(41-6)29(17-22)42-15-7-14-40-5)18-26(33-31(37)38)27(35)19-25(21(3)4)30(36)32-24-10-12-34(39)13-11-24/h8-13,17,20-21,23,25-27,33,35,39H,7,14-16,18-19H2,1-6H3,(H,37,38)/t23-,25-,26-,27-/m0/s1. The van der Waals surface area contributed by atoms with Crippen molar-refractivity contribution < 1.29 is 39.2 Å². The Morgan fingerprint density at radius 2 is 1.67 bits per heavy atom. The summed E-state index contributed by atoms with van der Waals surface area (Å²) in [6.45, 7) is 8.93. The first kappa shape index (κ1) is 34.6. The Kier molecular flexibility index (Phi) is 14.3. The van der Waals surface area contributed by atoms with Crippen LogP contribution in [0.3, 0.4) is 0 Å². The van der Waals surface area contributed by atoms with E-state index in [2.05, 4.69) is 24.2 Å². The molecular weight excluding hydrogens is 542 g/mol. The number of nitrogens with zero attached hydrogens (tertiary/aromatic N) is 2. The van der Waals surface area contributed by atoms with Crippen LogP contribution in [0.5, 0.6) is 11.5 Å². The fourth-order valence-corrected chi connectivity index (χ4v) is 4.82. The summed E-state index contributed by atoms with van der Waals surface area (Å²) in [5.41, 5.74) is 1.00. The average molecular weight is 590 g/mol. The Morgan fingerprint density at radius 1 is 0.976 bits per heavy atom. The van der Waals surface area contributed by atoms with E-state index in [1.165, 1.54) is 24.5 Å². The maximum absolute atomic E-state index is 13.1. The predicted molar refractivity (Wildman–Crippen MR) is 158 cm³/mol. The van der Waals surface area contributed by atoms with Crippen molar-refractivity contribution in [1.29, 1.82) is 0 Å². The third-order valence-electron chi connectivity index (χ3n) is 7.40. The SMILES string of the molecule is COCCCOc1cc(C[C@@H](C[C@H](NC(=O)O)[C@@H](O)C[C@H](C(=O)N=c2ccn(O)cc2)C(C)C)C(C)C)ccc1OC. The Morgan fingerprint density at radius 3 is 2.24 bits per heavy atom. The van der Waals surface area contributed by atoms with Crippen LogP contribution in [0.25, 0.3) is 0 Å². The second-order valence-electron chi connectivity index (χ2n) is 11.2. The Bertz CT molecular complexity index is 1180. The number of nitrogens with one attached hydrogen (secondary N) is 1. The zero-order valence-electron chi connectivity index (χ0n) is 25.5. The van der Waals surface area contributed by atoms with Gasteiger partial charge < -0.3 is 34.9 Å². The van der Waals surface area contributed by atoms with Gasteiger partial charge in [0.25, 0.3) is 0 Å². The Hall–Kier alpha value is -3.57. The van der Waals surface area contributed by atoms with E-state index in [1.54, 1.807) is 14.2 Å². The fourth-order valence-electron chi connectivity index (χ4n) is 4.82. The topological polar surface area (TPSA) is 152 Å². The maximum Gasteiger partial charge on any atom is 0.404 e. The van der Waals surface area contributed by atoms with Crippen molar-refractivity contribution in [3.8, 4) is 11.5 Å². The fraction of sp³-hybridized carbons (Fsp3) is 0.581. The van der Waals surface area contributed by atoms with Crippen LogP contribution in [0, 0.1) is 23.7 Å². The van der Waals surface area contributed by atoms with Gasteiger partial charge in [0.1, 0.15) is 0 Å². The molecule has 4 atom stereocenters. The first-order chi connectivity index (χ1) is 19.9. The molecule has 0 aliphatic carbocycles. The lowest BCUT2D eigenvalue weighted by atomic mass is 9.80. The van der Waals surface area contributed by atoms with Crippen LogP contribution < -0.4 is 20.1 Å². The van der Waals surface area contributed by atoms with Gasteiger partial charge in [-0.15, -0.1) is 0 Å². The lowest BCUT2D eigenvalue weighted by Gasteiger charge is -2.31. The van der Waals surface area contributed by atoms with E-state index in [9.17, 15) is 25.0 Å². The van der Waals surface area contributed by atoms with Crippen molar-refractivity contribution in [3.63, 3.8) is 0 Å². The second kappa shape index (κ2) is 17.4. The molecule has 0 bridgehead atoms. The molecule has 234 valence electrons. The van der Waals surface area contributed by atoms with E-state index in [-0.39, 0.29) is 24.2 Å². The summed E-state index contributed by atoms with van der Waals surface area (Å²) in [7, 11) is 3.23. The first-order valence-corrected chi connectivity index (χ1v) is 14.4. The number of amides is 2. The van der Waals surface area contributed by atoms with Crippen molar-refractivity contribution in [2.45, 2.75) is 65.5 Å². The van der Waals surface area contributed by atoms with Crippen LogP contribution in [0.15, 0.2) is 47.7 Å². The minimum atomic E-state index is -1.24. The molecule has 1 heterocycles. The minimum absolute atomic E-state index is 0.0126. The number of rotatable bonds is 17. The summed E-state index contributed by atoms with van der Waals surface area (Å²) in [5.74, 6) is 0.256. The summed E-state index contributed by atoms with van der Waals surface area (Å²) in [4.78, 5) is 29.0. The summed E-state index contributed by atoms with van der Waals surface area (Å²) in [6.07, 6.45) is 2.15. The van der Waals surface area contributed by atoms with E-state index in [4.69, 9.17) is 14.2 Å². The molecule has 11 nitrogen and oxygen atoms in total. The van der Waals surface area contributed by atoms with Crippen LogP contribution >= 0.6 is 0 Å². The largest absolute Gasteiger partial charge is 0.493 e. The first-order valence-electron chi connectivity index (χ1n) is 14.4. The van der Waals surface area contributed by atoms with Crippen molar-refractivity contribution in [1.82, 2.24) is 10.0 Å². The normalized spacial score (nSPS) is 14.2. The Balaban J connectivity index is 2.22. The molecule has 1 aromatic carbocycles. The molecule has 0 radical (unpaired) electrons. The molecule has 2 rings (SSSR count). The molecule has 2 aromatic rings. The number of hydrogen-bond donors (Lipinski definition) is 4. The van der Waals surface area contributed by atoms with E-state index in [0.29, 0.717) is 42.9 Å². The zero-order valence-corrected chi connectivity index (χ0v) is 25.5. The van der Waals surface area contributed by atoms with Crippen molar-refractivity contribution in [3.05, 3.63) is 53.6 Å². The molecule has 0 spiro atoms. The number of carbonyl (C=O) groups excluding carboxylic acids is 1. The monoisotopic (exact) mass is 589 g/mol. The number of carboxylic acid groups (broad SMARTS) is 1. The van der Waals surface area contributed by atoms with Gasteiger partial charge in [-0.1, -0.05) is 33.8 Å². The van der Waals surface area contributed by atoms with Gasteiger partial charge in [0.05, 0.1) is 31.2 Å². The number of hydrogen-bond acceptors (Lipinski definition) is 7.